The van der Waals surface area contributed by atoms with Gasteiger partial charge in [-0.05, 0) is 57.1 Å². The molecule has 0 aliphatic heterocycles. The number of hydrogen-bond acceptors (Lipinski definition) is 4. The molecule has 0 aliphatic carbocycles. The standard InChI is InChI=1S/C16H23N3O/c1-19(2)11-5-4-9-17-16-15-12-14(20-3)7-6-13(15)8-10-18-16/h6-8,10,12H,4-5,9,11H2,1-3H3,(H,17,18). The maximum Gasteiger partial charge on any atom is 0.133 e. The van der Waals surface area contributed by atoms with Crippen molar-refractivity contribution in [3.8, 4) is 5.75 Å². The van der Waals surface area contributed by atoms with E-state index in [9.17, 15) is 0 Å². The van der Waals surface area contributed by atoms with Gasteiger partial charge in [0, 0.05) is 18.1 Å². The lowest BCUT2D eigenvalue weighted by atomic mass is 10.1. The fourth-order valence-electron chi connectivity index (χ4n) is 2.18. The summed E-state index contributed by atoms with van der Waals surface area (Å²) in [6.45, 7) is 2.07. The summed E-state index contributed by atoms with van der Waals surface area (Å²) in [6, 6.07) is 8.09. The molecule has 1 heterocycles. The molecule has 1 N–H and O–H groups in total. The zero-order chi connectivity index (χ0) is 14.4. The Bertz CT molecular complexity index is 554. The van der Waals surface area contributed by atoms with Gasteiger partial charge in [0.25, 0.3) is 0 Å². The van der Waals surface area contributed by atoms with Crippen LogP contribution >= 0.6 is 0 Å². The molecule has 0 saturated heterocycles. The summed E-state index contributed by atoms with van der Waals surface area (Å²) < 4.78 is 5.29. The lowest BCUT2D eigenvalue weighted by Gasteiger charge is -2.11. The first kappa shape index (κ1) is 14.6. The van der Waals surface area contributed by atoms with E-state index in [0.717, 1.165) is 36.5 Å². The molecular formula is C16H23N3O. The number of nitrogens with zero attached hydrogens (tertiary/aromatic N) is 2. The number of benzene rings is 1. The average molecular weight is 273 g/mol. The third kappa shape index (κ3) is 3.84. The summed E-state index contributed by atoms with van der Waals surface area (Å²) in [6.07, 6.45) is 4.17. The monoisotopic (exact) mass is 273 g/mol. The highest BCUT2D eigenvalue weighted by molar-refractivity contribution is 5.92. The highest BCUT2D eigenvalue weighted by Crippen LogP contribution is 2.25. The second-order valence-corrected chi connectivity index (χ2v) is 5.18. The number of hydrogen-bond donors (Lipinski definition) is 1. The molecule has 4 heteroatoms. The molecule has 4 nitrogen and oxygen atoms in total. The van der Waals surface area contributed by atoms with Crippen LogP contribution in [-0.2, 0) is 0 Å². The van der Waals surface area contributed by atoms with E-state index in [4.69, 9.17) is 4.74 Å². The molecule has 0 saturated carbocycles. The second-order valence-electron chi connectivity index (χ2n) is 5.18. The third-order valence-electron chi connectivity index (χ3n) is 3.30. The van der Waals surface area contributed by atoms with Crippen molar-refractivity contribution >= 4 is 16.6 Å². The van der Waals surface area contributed by atoms with Gasteiger partial charge in [-0.25, -0.2) is 4.98 Å². The van der Waals surface area contributed by atoms with Gasteiger partial charge in [0.15, 0.2) is 0 Å². The minimum absolute atomic E-state index is 0.862. The maximum atomic E-state index is 5.29. The predicted octanol–water partition coefficient (Wildman–Crippen LogP) is 3.00. The largest absolute Gasteiger partial charge is 0.497 e. The van der Waals surface area contributed by atoms with E-state index in [1.165, 1.54) is 11.8 Å². The van der Waals surface area contributed by atoms with E-state index in [-0.39, 0.29) is 0 Å². The maximum absolute atomic E-state index is 5.29. The Morgan fingerprint density at radius 1 is 1.20 bits per heavy atom. The molecule has 0 atom stereocenters. The molecule has 0 fully saturated rings. The van der Waals surface area contributed by atoms with Crippen molar-refractivity contribution in [3.05, 3.63) is 30.5 Å². The second kappa shape index (κ2) is 7.10. The van der Waals surface area contributed by atoms with Crippen LogP contribution in [0, 0.1) is 0 Å². The fourth-order valence-corrected chi connectivity index (χ4v) is 2.18. The molecule has 0 spiro atoms. The van der Waals surface area contributed by atoms with Crippen LogP contribution in [0.1, 0.15) is 12.8 Å². The highest BCUT2D eigenvalue weighted by Gasteiger charge is 2.03. The molecule has 0 amide bonds. The number of methoxy groups -OCH3 is 1. The van der Waals surface area contributed by atoms with Crippen LogP contribution in [-0.4, -0.2) is 44.2 Å². The van der Waals surface area contributed by atoms with Crippen molar-refractivity contribution in [3.63, 3.8) is 0 Å². The molecule has 0 bridgehead atoms. The van der Waals surface area contributed by atoms with Crippen molar-refractivity contribution in [1.29, 1.82) is 0 Å². The van der Waals surface area contributed by atoms with Crippen LogP contribution in [0.3, 0.4) is 0 Å². The summed E-state index contributed by atoms with van der Waals surface area (Å²) in [7, 11) is 5.89. The first-order chi connectivity index (χ1) is 9.70. The van der Waals surface area contributed by atoms with Crippen LogP contribution in [0.2, 0.25) is 0 Å². The van der Waals surface area contributed by atoms with Crippen LogP contribution in [0.25, 0.3) is 10.8 Å². The quantitative estimate of drug-likeness (QED) is 0.787. The number of rotatable bonds is 7. The van der Waals surface area contributed by atoms with Crippen LogP contribution in [0.5, 0.6) is 5.75 Å². The number of pyridine rings is 1. The lowest BCUT2D eigenvalue weighted by molar-refractivity contribution is 0.396. The molecule has 0 unspecified atom stereocenters. The van der Waals surface area contributed by atoms with E-state index in [2.05, 4.69) is 35.4 Å². The van der Waals surface area contributed by atoms with E-state index in [1.54, 1.807) is 7.11 Å². The Labute approximate surface area is 120 Å². The predicted molar refractivity (Wildman–Crippen MR) is 84.6 cm³/mol. The van der Waals surface area contributed by atoms with Crippen molar-refractivity contribution in [2.75, 3.05) is 39.6 Å². The molecule has 0 aliphatic rings. The number of unbranched alkanes of at least 4 members (excludes halogenated alkanes) is 1. The van der Waals surface area contributed by atoms with Crippen molar-refractivity contribution < 1.29 is 4.74 Å². The van der Waals surface area contributed by atoms with Crippen molar-refractivity contribution in [2.45, 2.75) is 12.8 Å². The minimum atomic E-state index is 0.862. The van der Waals surface area contributed by atoms with E-state index in [1.807, 2.05) is 24.4 Å². The Morgan fingerprint density at radius 2 is 2.05 bits per heavy atom. The number of ether oxygens (including phenoxy) is 1. The lowest BCUT2D eigenvalue weighted by Crippen LogP contribution is -2.14. The summed E-state index contributed by atoms with van der Waals surface area (Å²) in [4.78, 5) is 6.65. The Hall–Kier alpha value is -1.81. The molecule has 0 radical (unpaired) electrons. The minimum Gasteiger partial charge on any atom is -0.497 e. The van der Waals surface area contributed by atoms with Crippen molar-refractivity contribution in [1.82, 2.24) is 9.88 Å². The van der Waals surface area contributed by atoms with Crippen LogP contribution < -0.4 is 10.1 Å². The van der Waals surface area contributed by atoms with E-state index < -0.39 is 0 Å². The van der Waals surface area contributed by atoms with Gasteiger partial charge in [-0.2, -0.15) is 0 Å². The van der Waals surface area contributed by atoms with Gasteiger partial charge < -0.3 is 15.0 Å². The van der Waals surface area contributed by atoms with Gasteiger partial charge in [-0.15, -0.1) is 0 Å². The molecule has 2 rings (SSSR count). The normalized spacial score (nSPS) is 11.0. The smallest absolute Gasteiger partial charge is 0.133 e. The summed E-state index contributed by atoms with van der Waals surface area (Å²) in [5, 5.41) is 5.72. The zero-order valence-electron chi connectivity index (χ0n) is 12.5. The van der Waals surface area contributed by atoms with Gasteiger partial charge in [0.1, 0.15) is 11.6 Å². The topological polar surface area (TPSA) is 37.4 Å². The number of nitrogens with one attached hydrogen (secondary N) is 1. The number of aromatic nitrogens is 1. The fraction of sp³-hybridized carbons (Fsp3) is 0.438. The van der Waals surface area contributed by atoms with Crippen LogP contribution in [0.15, 0.2) is 30.5 Å². The molecule has 108 valence electrons. The summed E-state index contributed by atoms with van der Waals surface area (Å²) in [5.41, 5.74) is 0. The third-order valence-corrected chi connectivity index (χ3v) is 3.30. The molecule has 1 aromatic carbocycles. The van der Waals surface area contributed by atoms with Gasteiger partial charge in [-0.1, -0.05) is 6.07 Å². The Balaban J connectivity index is 2.02. The van der Waals surface area contributed by atoms with Gasteiger partial charge in [-0.3, -0.25) is 0 Å². The van der Waals surface area contributed by atoms with Crippen LogP contribution in [0.4, 0.5) is 5.82 Å². The Kier molecular flexibility index (Phi) is 5.18. The molecular weight excluding hydrogens is 250 g/mol. The summed E-state index contributed by atoms with van der Waals surface area (Å²) in [5.74, 6) is 1.80. The molecule has 2 aromatic rings. The SMILES string of the molecule is COc1ccc2ccnc(NCCCCN(C)C)c2c1. The number of anilines is 1. The molecule has 20 heavy (non-hydrogen) atoms. The van der Waals surface area contributed by atoms with Gasteiger partial charge >= 0.3 is 0 Å². The van der Waals surface area contributed by atoms with Gasteiger partial charge in [0.05, 0.1) is 7.11 Å². The van der Waals surface area contributed by atoms with Gasteiger partial charge in [0.2, 0.25) is 0 Å². The van der Waals surface area contributed by atoms with E-state index in [0.29, 0.717) is 0 Å². The summed E-state index contributed by atoms with van der Waals surface area (Å²) >= 11 is 0. The highest BCUT2D eigenvalue weighted by atomic mass is 16.5. The zero-order valence-corrected chi connectivity index (χ0v) is 12.5. The first-order valence-electron chi connectivity index (χ1n) is 7.02. The Morgan fingerprint density at radius 3 is 2.80 bits per heavy atom. The average Bonchev–Trinajstić information content (AvgIpc) is 2.46. The van der Waals surface area contributed by atoms with Crippen molar-refractivity contribution in [2.24, 2.45) is 0 Å². The number of fused-ring (bicyclic) bond motifs is 1. The first-order valence-corrected chi connectivity index (χ1v) is 7.02. The van der Waals surface area contributed by atoms with E-state index >= 15 is 0 Å². The molecule has 1 aromatic heterocycles.